The van der Waals surface area contributed by atoms with Gasteiger partial charge in [0.15, 0.2) is 4.90 Å². The quantitative estimate of drug-likeness (QED) is 0.743. The van der Waals surface area contributed by atoms with E-state index in [1.807, 2.05) is 30.3 Å². The van der Waals surface area contributed by atoms with Crippen LogP contribution in [0, 0.1) is 0 Å². The van der Waals surface area contributed by atoms with E-state index in [4.69, 9.17) is 5.11 Å². The molecule has 0 saturated carbocycles. The van der Waals surface area contributed by atoms with Crippen LogP contribution in [0.4, 0.5) is 0 Å². The maximum absolute atomic E-state index is 11.0. The molecule has 0 aliphatic heterocycles. The fourth-order valence-corrected chi connectivity index (χ4v) is 1.48. The lowest BCUT2D eigenvalue weighted by Gasteiger charge is -2.03. The molecule has 0 aromatic heterocycles. The molecule has 1 aromatic rings. The molecular weight excluding hydrogens is 184 g/mol. The molecular formula is C10H12O2S. The van der Waals surface area contributed by atoms with Gasteiger partial charge in [0.1, 0.15) is 6.26 Å². The highest BCUT2D eigenvalue weighted by Gasteiger charge is 2.01. The molecule has 0 spiro atoms. The van der Waals surface area contributed by atoms with Gasteiger partial charge in [0, 0.05) is 0 Å². The Morgan fingerprint density at radius 1 is 1.38 bits per heavy atom. The minimum Gasteiger partial charge on any atom is -0.612 e. The first kappa shape index (κ1) is 10.3. The van der Waals surface area contributed by atoms with Crippen LogP contribution in [0.5, 0.6) is 0 Å². The highest BCUT2D eigenvalue weighted by atomic mass is 32.2. The predicted octanol–water partition coefficient (Wildman–Crippen LogP) is 1.43. The van der Waals surface area contributed by atoms with E-state index in [-0.39, 0.29) is 6.61 Å². The van der Waals surface area contributed by atoms with E-state index in [2.05, 4.69) is 0 Å². The normalized spacial score (nSPS) is 13.5. The topological polar surface area (TPSA) is 43.3 Å². The van der Waals surface area contributed by atoms with E-state index in [0.29, 0.717) is 0 Å². The molecule has 70 valence electrons. The molecule has 0 fully saturated rings. The van der Waals surface area contributed by atoms with Gasteiger partial charge in [-0.2, -0.15) is 0 Å². The Kier molecular flexibility index (Phi) is 4.02. The van der Waals surface area contributed by atoms with Gasteiger partial charge < -0.3 is 9.66 Å². The van der Waals surface area contributed by atoms with Crippen LogP contribution < -0.4 is 0 Å². The molecule has 0 heterocycles. The van der Waals surface area contributed by atoms with Crippen LogP contribution >= 0.6 is 0 Å². The Morgan fingerprint density at radius 3 is 2.46 bits per heavy atom. The van der Waals surface area contributed by atoms with Crippen molar-refractivity contribution in [2.75, 3.05) is 12.9 Å². The van der Waals surface area contributed by atoms with E-state index in [9.17, 15) is 4.55 Å². The van der Waals surface area contributed by atoms with Gasteiger partial charge in [-0.1, -0.05) is 24.3 Å². The summed E-state index contributed by atoms with van der Waals surface area (Å²) in [5.74, 6) is 0. The molecule has 0 radical (unpaired) electrons. The van der Waals surface area contributed by atoms with Gasteiger partial charge in [0.25, 0.3) is 0 Å². The number of aliphatic hydroxyl groups excluding tert-OH is 1. The second-order valence-electron chi connectivity index (χ2n) is 2.61. The lowest BCUT2D eigenvalue weighted by molar-refractivity contribution is 0.343. The average Bonchev–Trinajstić information content (AvgIpc) is 2.15. The summed E-state index contributed by atoms with van der Waals surface area (Å²) in [7, 11) is 0. The largest absolute Gasteiger partial charge is 0.612 e. The highest BCUT2D eigenvalue weighted by Crippen LogP contribution is 2.10. The zero-order valence-corrected chi connectivity index (χ0v) is 8.25. The van der Waals surface area contributed by atoms with Crippen molar-refractivity contribution in [1.29, 1.82) is 0 Å². The minimum atomic E-state index is -0.916. The number of rotatable bonds is 3. The van der Waals surface area contributed by atoms with Crippen molar-refractivity contribution in [3.05, 3.63) is 35.9 Å². The van der Waals surface area contributed by atoms with Gasteiger partial charge in [0.2, 0.25) is 0 Å². The van der Waals surface area contributed by atoms with Crippen LogP contribution in [0.1, 0.15) is 5.56 Å². The summed E-state index contributed by atoms with van der Waals surface area (Å²) in [5.41, 5.74) is 1.00. The Morgan fingerprint density at radius 2 is 2.00 bits per heavy atom. The Hall–Kier alpha value is -0.770. The van der Waals surface area contributed by atoms with Crippen LogP contribution in [-0.4, -0.2) is 22.5 Å². The van der Waals surface area contributed by atoms with Gasteiger partial charge in [-0.3, -0.25) is 0 Å². The van der Waals surface area contributed by atoms with Crippen molar-refractivity contribution >= 4 is 17.3 Å². The molecule has 3 heteroatoms. The summed E-state index contributed by atoms with van der Waals surface area (Å²) in [6.45, 7) is 0.0431. The molecule has 1 atom stereocenters. The van der Waals surface area contributed by atoms with Gasteiger partial charge in [0.05, 0.1) is 6.61 Å². The predicted molar refractivity (Wildman–Crippen MR) is 54.9 cm³/mol. The fraction of sp³-hybridized carbons (Fsp3) is 0.200. The number of aliphatic hydroxyl groups is 1. The smallest absolute Gasteiger partial charge is 0.152 e. The molecule has 0 bridgehead atoms. The highest BCUT2D eigenvalue weighted by molar-refractivity contribution is 7.90. The Labute approximate surface area is 81.1 Å². The standard InChI is InChI=1S/C10H12O2S/c1-13(12)10-6-4-9(5-7-10)3-2-8-11/h2-7,11H,8H2,1H3. The third-order valence-corrected chi connectivity index (χ3v) is 2.56. The van der Waals surface area contributed by atoms with Crippen LogP contribution in [0.15, 0.2) is 35.2 Å². The first-order valence-corrected chi connectivity index (χ1v) is 5.50. The molecule has 2 nitrogen and oxygen atoms in total. The van der Waals surface area contributed by atoms with Crippen molar-refractivity contribution < 1.29 is 9.66 Å². The Bertz CT molecular complexity index is 277. The van der Waals surface area contributed by atoms with Gasteiger partial charge in [-0.05, 0) is 28.9 Å². The van der Waals surface area contributed by atoms with Crippen LogP contribution in [0.3, 0.4) is 0 Å². The third kappa shape index (κ3) is 3.22. The molecule has 0 aliphatic carbocycles. The minimum absolute atomic E-state index is 0.0431. The van der Waals surface area contributed by atoms with Crippen molar-refractivity contribution in [3.63, 3.8) is 0 Å². The first-order valence-electron chi connectivity index (χ1n) is 3.95. The van der Waals surface area contributed by atoms with Crippen LogP contribution in [0.2, 0.25) is 0 Å². The van der Waals surface area contributed by atoms with Crippen LogP contribution in [0.25, 0.3) is 6.08 Å². The molecule has 0 saturated heterocycles. The lowest BCUT2D eigenvalue weighted by atomic mass is 10.2. The fourth-order valence-electron chi connectivity index (χ4n) is 0.959. The van der Waals surface area contributed by atoms with Crippen molar-refractivity contribution in [1.82, 2.24) is 0 Å². The Balaban J connectivity index is 2.75. The molecule has 0 aliphatic rings. The lowest BCUT2D eigenvalue weighted by Crippen LogP contribution is -1.96. The molecule has 13 heavy (non-hydrogen) atoms. The summed E-state index contributed by atoms with van der Waals surface area (Å²) in [5, 5.41) is 8.53. The molecule has 1 rings (SSSR count). The number of hydrogen-bond acceptors (Lipinski definition) is 2. The third-order valence-electron chi connectivity index (χ3n) is 1.63. The van der Waals surface area contributed by atoms with Gasteiger partial charge in [-0.25, -0.2) is 0 Å². The van der Waals surface area contributed by atoms with E-state index in [1.165, 1.54) is 0 Å². The second-order valence-corrected chi connectivity index (χ2v) is 3.99. The monoisotopic (exact) mass is 196 g/mol. The summed E-state index contributed by atoms with van der Waals surface area (Å²) in [4.78, 5) is 0.821. The molecule has 1 N–H and O–H groups in total. The first-order chi connectivity index (χ1) is 6.24. The van der Waals surface area contributed by atoms with E-state index < -0.39 is 11.2 Å². The zero-order valence-electron chi connectivity index (χ0n) is 7.43. The summed E-state index contributed by atoms with van der Waals surface area (Å²) in [6, 6.07) is 7.41. The molecule has 1 aromatic carbocycles. The van der Waals surface area contributed by atoms with Gasteiger partial charge in [-0.15, -0.1) is 0 Å². The second kappa shape index (κ2) is 5.07. The summed E-state index contributed by atoms with van der Waals surface area (Å²) < 4.78 is 11.0. The average molecular weight is 196 g/mol. The van der Waals surface area contributed by atoms with Crippen molar-refractivity contribution in [2.45, 2.75) is 4.90 Å². The zero-order chi connectivity index (χ0) is 9.68. The molecule has 1 unspecified atom stereocenters. The number of benzene rings is 1. The van der Waals surface area contributed by atoms with Crippen molar-refractivity contribution in [2.24, 2.45) is 0 Å². The van der Waals surface area contributed by atoms with E-state index in [1.54, 1.807) is 12.3 Å². The van der Waals surface area contributed by atoms with E-state index in [0.717, 1.165) is 10.5 Å². The number of hydrogen-bond donors (Lipinski definition) is 1. The summed E-state index contributed by atoms with van der Waals surface area (Å²) in [6.07, 6.45) is 5.14. The van der Waals surface area contributed by atoms with Crippen molar-refractivity contribution in [3.8, 4) is 0 Å². The van der Waals surface area contributed by atoms with E-state index >= 15 is 0 Å². The van der Waals surface area contributed by atoms with Gasteiger partial charge >= 0.3 is 0 Å². The summed E-state index contributed by atoms with van der Waals surface area (Å²) >= 11 is -0.916. The maximum Gasteiger partial charge on any atom is 0.152 e. The van der Waals surface area contributed by atoms with Crippen LogP contribution in [-0.2, 0) is 11.2 Å². The maximum atomic E-state index is 11.0. The SMILES string of the molecule is C[S+]([O-])c1ccc(C=CCO)cc1. The molecule has 0 amide bonds.